The molecule has 0 rings (SSSR count). The Hall–Kier alpha value is -0.610. The van der Waals surface area contributed by atoms with E-state index in [1.54, 1.807) is 0 Å². The summed E-state index contributed by atoms with van der Waals surface area (Å²) < 4.78 is 17.0. The minimum Gasteiger partial charge on any atom is -0.463 e. The fourth-order valence-electron chi connectivity index (χ4n) is 2.78. The highest BCUT2D eigenvalue weighted by Crippen LogP contribution is 2.30. The van der Waals surface area contributed by atoms with Crippen LogP contribution in [-0.2, 0) is 19.0 Å². The lowest BCUT2D eigenvalue weighted by Gasteiger charge is -2.28. The van der Waals surface area contributed by atoms with Crippen LogP contribution in [-0.4, -0.2) is 37.5 Å². The Morgan fingerprint density at radius 1 is 0.885 bits per heavy atom. The van der Waals surface area contributed by atoms with Crippen LogP contribution >= 0.6 is 0 Å². The Labute approximate surface area is 162 Å². The zero-order valence-corrected chi connectivity index (χ0v) is 18.5. The SMILES string of the molecule is CCCCCCCC(C)(CC)C(=O)OCCOC(C)(C)CCOC(C)C. The van der Waals surface area contributed by atoms with Crippen LogP contribution in [0.1, 0.15) is 99.8 Å². The van der Waals surface area contributed by atoms with E-state index in [0.29, 0.717) is 19.8 Å². The average molecular weight is 373 g/mol. The van der Waals surface area contributed by atoms with Gasteiger partial charge in [0.05, 0.1) is 23.7 Å². The summed E-state index contributed by atoms with van der Waals surface area (Å²) in [5, 5.41) is 0. The monoisotopic (exact) mass is 372 g/mol. The van der Waals surface area contributed by atoms with Crippen LogP contribution in [0, 0.1) is 5.41 Å². The van der Waals surface area contributed by atoms with E-state index < -0.39 is 0 Å². The summed E-state index contributed by atoms with van der Waals surface area (Å²) in [5.41, 5.74) is -0.637. The van der Waals surface area contributed by atoms with E-state index in [2.05, 4.69) is 13.8 Å². The number of carbonyl (C=O) groups excluding carboxylic acids is 1. The van der Waals surface area contributed by atoms with E-state index in [1.165, 1.54) is 25.7 Å². The van der Waals surface area contributed by atoms with Crippen LogP contribution in [0.2, 0.25) is 0 Å². The zero-order chi connectivity index (χ0) is 20.1. The van der Waals surface area contributed by atoms with Crippen molar-refractivity contribution < 1.29 is 19.0 Å². The molecular weight excluding hydrogens is 328 g/mol. The number of esters is 1. The number of unbranched alkanes of at least 4 members (excludes halogenated alkanes) is 4. The van der Waals surface area contributed by atoms with Crippen molar-refractivity contribution in [2.45, 2.75) is 112 Å². The molecule has 0 aliphatic heterocycles. The minimum absolute atomic E-state index is 0.0833. The Morgan fingerprint density at radius 3 is 2.12 bits per heavy atom. The number of rotatable bonds is 16. The smallest absolute Gasteiger partial charge is 0.311 e. The van der Waals surface area contributed by atoms with Gasteiger partial charge in [-0.2, -0.15) is 0 Å². The van der Waals surface area contributed by atoms with E-state index in [0.717, 1.165) is 25.7 Å². The molecule has 0 aliphatic carbocycles. The van der Waals surface area contributed by atoms with Crippen molar-refractivity contribution in [3.05, 3.63) is 0 Å². The van der Waals surface area contributed by atoms with Crippen molar-refractivity contribution in [2.24, 2.45) is 5.41 Å². The predicted octanol–water partition coefficient (Wildman–Crippen LogP) is 5.92. The molecule has 0 aromatic rings. The van der Waals surface area contributed by atoms with Gasteiger partial charge in [0.1, 0.15) is 6.61 Å². The summed E-state index contributed by atoms with van der Waals surface area (Å²) in [5.74, 6) is -0.0833. The summed E-state index contributed by atoms with van der Waals surface area (Å²) in [6.45, 7) is 15.9. The van der Waals surface area contributed by atoms with Gasteiger partial charge >= 0.3 is 5.97 Å². The molecule has 0 saturated carbocycles. The Morgan fingerprint density at radius 2 is 1.54 bits per heavy atom. The number of hydrogen-bond donors (Lipinski definition) is 0. The second-order valence-corrected chi connectivity index (χ2v) is 8.49. The van der Waals surface area contributed by atoms with Crippen molar-refractivity contribution in [3.8, 4) is 0 Å². The molecule has 0 radical (unpaired) electrons. The maximum Gasteiger partial charge on any atom is 0.311 e. The fraction of sp³-hybridized carbons (Fsp3) is 0.955. The first-order valence-electron chi connectivity index (χ1n) is 10.6. The molecule has 0 saturated heterocycles. The lowest BCUT2D eigenvalue weighted by Crippen LogP contribution is -2.32. The highest BCUT2D eigenvalue weighted by atomic mass is 16.6. The summed E-state index contributed by atoms with van der Waals surface area (Å²) in [7, 11) is 0. The normalized spacial score (nSPS) is 14.5. The molecule has 26 heavy (non-hydrogen) atoms. The Balaban J connectivity index is 4.08. The number of carbonyl (C=O) groups is 1. The van der Waals surface area contributed by atoms with E-state index in [4.69, 9.17) is 14.2 Å². The first-order valence-corrected chi connectivity index (χ1v) is 10.6. The molecule has 0 aromatic carbocycles. The van der Waals surface area contributed by atoms with Gasteiger partial charge in [-0.15, -0.1) is 0 Å². The van der Waals surface area contributed by atoms with Crippen molar-refractivity contribution in [3.63, 3.8) is 0 Å². The summed E-state index contributed by atoms with van der Waals surface area (Å²) >= 11 is 0. The molecule has 0 bridgehead atoms. The maximum absolute atomic E-state index is 12.5. The summed E-state index contributed by atoms with van der Waals surface area (Å²) in [6, 6.07) is 0. The maximum atomic E-state index is 12.5. The number of ether oxygens (including phenoxy) is 3. The lowest BCUT2D eigenvalue weighted by atomic mass is 9.82. The molecular formula is C22H44O4. The summed E-state index contributed by atoms with van der Waals surface area (Å²) in [4.78, 5) is 12.5. The molecule has 156 valence electrons. The molecule has 4 heteroatoms. The van der Waals surface area contributed by atoms with Crippen molar-refractivity contribution in [1.82, 2.24) is 0 Å². The zero-order valence-electron chi connectivity index (χ0n) is 18.5. The highest BCUT2D eigenvalue weighted by Gasteiger charge is 2.32. The van der Waals surface area contributed by atoms with Crippen LogP contribution in [0.5, 0.6) is 0 Å². The van der Waals surface area contributed by atoms with E-state index in [9.17, 15) is 4.79 Å². The molecule has 0 N–H and O–H groups in total. The molecule has 4 nitrogen and oxygen atoms in total. The Kier molecular flexibility index (Phi) is 13.2. The van der Waals surface area contributed by atoms with Gasteiger partial charge in [0.15, 0.2) is 0 Å². The van der Waals surface area contributed by atoms with Gasteiger partial charge in [-0.05, 0) is 53.9 Å². The molecule has 0 amide bonds. The molecule has 1 atom stereocenters. The standard InChI is InChI=1S/C22H44O4/c1-8-10-11-12-13-14-22(7,9-2)20(23)25-17-18-26-21(5,6)15-16-24-19(3)4/h19H,8-18H2,1-7H3. The first kappa shape index (κ1) is 25.4. The third-order valence-electron chi connectivity index (χ3n) is 5.07. The second kappa shape index (κ2) is 13.5. The van der Waals surface area contributed by atoms with Gasteiger partial charge in [0.2, 0.25) is 0 Å². The molecule has 0 spiro atoms. The molecule has 0 fully saturated rings. The van der Waals surface area contributed by atoms with Gasteiger partial charge < -0.3 is 14.2 Å². The van der Waals surface area contributed by atoms with Gasteiger partial charge in [0, 0.05) is 6.61 Å². The van der Waals surface area contributed by atoms with Gasteiger partial charge in [-0.3, -0.25) is 4.79 Å². The van der Waals surface area contributed by atoms with Crippen LogP contribution in [0.15, 0.2) is 0 Å². The molecule has 0 aromatic heterocycles. The van der Waals surface area contributed by atoms with E-state index in [-0.39, 0.29) is 23.1 Å². The third kappa shape index (κ3) is 11.9. The molecule has 0 heterocycles. The van der Waals surface area contributed by atoms with Gasteiger partial charge in [-0.25, -0.2) is 0 Å². The predicted molar refractivity (Wildman–Crippen MR) is 108 cm³/mol. The van der Waals surface area contributed by atoms with E-state index in [1.807, 2.05) is 34.6 Å². The summed E-state index contributed by atoms with van der Waals surface area (Å²) in [6.07, 6.45) is 8.86. The molecule has 0 aliphatic rings. The topological polar surface area (TPSA) is 44.8 Å². The Bertz CT molecular complexity index is 365. The van der Waals surface area contributed by atoms with Crippen molar-refractivity contribution >= 4 is 5.97 Å². The fourth-order valence-corrected chi connectivity index (χ4v) is 2.78. The van der Waals surface area contributed by atoms with Crippen molar-refractivity contribution in [2.75, 3.05) is 19.8 Å². The lowest BCUT2D eigenvalue weighted by molar-refractivity contribution is -0.159. The third-order valence-corrected chi connectivity index (χ3v) is 5.07. The van der Waals surface area contributed by atoms with Gasteiger partial charge in [-0.1, -0.05) is 46.0 Å². The van der Waals surface area contributed by atoms with Crippen LogP contribution in [0.3, 0.4) is 0 Å². The first-order chi connectivity index (χ1) is 12.2. The largest absolute Gasteiger partial charge is 0.463 e. The highest BCUT2D eigenvalue weighted by molar-refractivity contribution is 5.76. The van der Waals surface area contributed by atoms with Crippen molar-refractivity contribution in [1.29, 1.82) is 0 Å². The van der Waals surface area contributed by atoms with Crippen LogP contribution in [0.4, 0.5) is 0 Å². The average Bonchev–Trinajstić information content (AvgIpc) is 2.57. The van der Waals surface area contributed by atoms with Crippen LogP contribution < -0.4 is 0 Å². The number of hydrogen-bond acceptors (Lipinski definition) is 4. The second-order valence-electron chi connectivity index (χ2n) is 8.49. The van der Waals surface area contributed by atoms with E-state index >= 15 is 0 Å². The van der Waals surface area contributed by atoms with Gasteiger partial charge in [0.25, 0.3) is 0 Å². The minimum atomic E-state index is -0.368. The molecule has 1 unspecified atom stereocenters. The van der Waals surface area contributed by atoms with Crippen LogP contribution in [0.25, 0.3) is 0 Å². The quantitative estimate of drug-likeness (QED) is 0.249.